The monoisotopic (exact) mass is 239 g/mol. The van der Waals surface area contributed by atoms with Crippen LogP contribution in [0.3, 0.4) is 0 Å². The molecule has 4 nitrogen and oxygen atoms in total. The van der Waals surface area contributed by atoms with E-state index in [4.69, 9.17) is 0 Å². The molecule has 0 spiro atoms. The Morgan fingerprint density at radius 3 is 2.56 bits per heavy atom. The number of nitrogens with zero attached hydrogens (tertiary/aromatic N) is 3. The van der Waals surface area contributed by atoms with Gasteiger partial charge < -0.3 is 5.11 Å². The van der Waals surface area contributed by atoms with Gasteiger partial charge in [0.2, 0.25) is 5.88 Å². The fourth-order valence-electron chi connectivity index (χ4n) is 2.00. The lowest BCUT2D eigenvalue weighted by atomic mass is 10.1. The fourth-order valence-corrected chi connectivity index (χ4v) is 2.00. The molecule has 0 atom stereocenters. The first kappa shape index (κ1) is 10.8. The molecular formula is C14H13N3O. The van der Waals surface area contributed by atoms with Gasteiger partial charge in [0.15, 0.2) is 5.65 Å². The van der Waals surface area contributed by atoms with Crippen LogP contribution in [0.1, 0.15) is 11.3 Å². The lowest BCUT2D eigenvalue weighted by molar-refractivity contribution is 0.434. The molecule has 4 heteroatoms. The molecule has 0 fully saturated rings. The third-order valence-corrected chi connectivity index (χ3v) is 2.94. The summed E-state index contributed by atoms with van der Waals surface area (Å²) in [5.74, 6) is 0.107. The van der Waals surface area contributed by atoms with Gasteiger partial charge in [0.1, 0.15) is 0 Å². The predicted octanol–water partition coefficient (Wildman–Crippen LogP) is 2.72. The lowest BCUT2D eigenvalue weighted by Gasteiger charge is -2.02. The van der Waals surface area contributed by atoms with Crippen molar-refractivity contribution < 1.29 is 5.11 Å². The number of fused-ring (bicyclic) bond motifs is 1. The molecule has 1 N–H and O–H groups in total. The minimum absolute atomic E-state index is 0.107. The molecule has 0 aliphatic carbocycles. The van der Waals surface area contributed by atoms with Crippen LogP contribution in [0.5, 0.6) is 5.88 Å². The van der Waals surface area contributed by atoms with E-state index in [0.29, 0.717) is 5.65 Å². The topological polar surface area (TPSA) is 50.4 Å². The number of benzene rings is 1. The molecule has 3 rings (SSSR count). The molecule has 0 saturated carbocycles. The quantitative estimate of drug-likeness (QED) is 0.710. The Kier molecular flexibility index (Phi) is 2.30. The minimum Gasteiger partial charge on any atom is -0.493 e. The molecule has 1 aromatic carbocycles. The highest BCUT2D eigenvalue weighted by atomic mass is 16.3. The smallest absolute Gasteiger partial charge is 0.215 e. The fraction of sp³-hybridized carbons (Fsp3) is 0.143. The summed E-state index contributed by atoms with van der Waals surface area (Å²) < 4.78 is 1.45. The van der Waals surface area contributed by atoms with Crippen molar-refractivity contribution in [3.05, 3.63) is 47.8 Å². The van der Waals surface area contributed by atoms with Crippen molar-refractivity contribution in [2.45, 2.75) is 13.8 Å². The van der Waals surface area contributed by atoms with E-state index >= 15 is 0 Å². The van der Waals surface area contributed by atoms with E-state index in [1.807, 2.05) is 26.0 Å². The molecule has 0 saturated heterocycles. The zero-order valence-corrected chi connectivity index (χ0v) is 10.3. The van der Waals surface area contributed by atoms with Crippen LogP contribution < -0.4 is 0 Å². The first-order valence-electron chi connectivity index (χ1n) is 5.76. The van der Waals surface area contributed by atoms with Crippen molar-refractivity contribution in [2.75, 3.05) is 0 Å². The summed E-state index contributed by atoms with van der Waals surface area (Å²) in [5, 5.41) is 14.0. The number of hydrogen-bond acceptors (Lipinski definition) is 3. The number of hydrogen-bond donors (Lipinski definition) is 1. The van der Waals surface area contributed by atoms with Crippen LogP contribution in [0.2, 0.25) is 0 Å². The second kappa shape index (κ2) is 3.84. The molecule has 2 aromatic heterocycles. The third-order valence-electron chi connectivity index (χ3n) is 2.94. The Bertz CT molecular complexity index is 714. The van der Waals surface area contributed by atoms with E-state index in [1.54, 1.807) is 12.3 Å². The minimum atomic E-state index is 0.107. The van der Waals surface area contributed by atoms with E-state index in [1.165, 1.54) is 10.1 Å². The Morgan fingerprint density at radius 1 is 1.11 bits per heavy atom. The second-order valence-electron chi connectivity index (χ2n) is 4.42. The SMILES string of the molecule is Cc1ccc(-c2cnn3c(O)cc(C)nc23)cc1. The highest BCUT2D eigenvalue weighted by Gasteiger charge is 2.10. The number of aromatic nitrogens is 3. The summed E-state index contributed by atoms with van der Waals surface area (Å²) in [6.07, 6.45) is 1.73. The summed E-state index contributed by atoms with van der Waals surface area (Å²) in [6, 6.07) is 9.77. The van der Waals surface area contributed by atoms with Gasteiger partial charge in [-0.1, -0.05) is 29.8 Å². The van der Waals surface area contributed by atoms with Gasteiger partial charge in [-0.15, -0.1) is 0 Å². The molecule has 18 heavy (non-hydrogen) atoms. The van der Waals surface area contributed by atoms with Crippen LogP contribution in [0, 0.1) is 13.8 Å². The summed E-state index contributed by atoms with van der Waals surface area (Å²) in [4.78, 5) is 4.44. The maximum Gasteiger partial charge on any atom is 0.215 e. The lowest BCUT2D eigenvalue weighted by Crippen LogP contribution is -1.93. The van der Waals surface area contributed by atoms with Gasteiger partial charge in [-0.3, -0.25) is 0 Å². The third kappa shape index (κ3) is 1.62. The average molecular weight is 239 g/mol. The molecule has 0 aliphatic rings. The second-order valence-corrected chi connectivity index (χ2v) is 4.42. The van der Waals surface area contributed by atoms with Gasteiger partial charge >= 0.3 is 0 Å². The largest absolute Gasteiger partial charge is 0.493 e. The van der Waals surface area contributed by atoms with Gasteiger partial charge in [-0.25, -0.2) is 4.98 Å². The van der Waals surface area contributed by atoms with E-state index in [9.17, 15) is 5.11 Å². The van der Waals surface area contributed by atoms with Crippen LogP contribution in [0.4, 0.5) is 0 Å². The number of aryl methyl sites for hydroxylation is 2. The normalized spacial score (nSPS) is 11.0. The Hall–Kier alpha value is -2.36. The molecule has 0 amide bonds. The number of rotatable bonds is 1. The van der Waals surface area contributed by atoms with Crippen molar-refractivity contribution in [2.24, 2.45) is 0 Å². The van der Waals surface area contributed by atoms with Gasteiger partial charge in [-0.2, -0.15) is 9.61 Å². The average Bonchev–Trinajstić information content (AvgIpc) is 2.74. The summed E-state index contributed by atoms with van der Waals surface area (Å²) in [7, 11) is 0. The highest BCUT2D eigenvalue weighted by molar-refractivity contribution is 5.77. The summed E-state index contributed by atoms with van der Waals surface area (Å²) in [5.41, 5.74) is 4.63. The molecule has 0 aliphatic heterocycles. The van der Waals surface area contributed by atoms with E-state index < -0.39 is 0 Å². The highest BCUT2D eigenvalue weighted by Crippen LogP contribution is 2.26. The molecule has 0 radical (unpaired) electrons. The van der Waals surface area contributed by atoms with E-state index in [0.717, 1.165) is 16.8 Å². The van der Waals surface area contributed by atoms with E-state index in [2.05, 4.69) is 22.2 Å². The Morgan fingerprint density at radius 2 is 1.83 bits per heavy atom. The molecule has 0 unspecified atom stereocenters. The molecule has 3 aromatic rings. The van der Waals surface area contributed by atoms with Gasteiger partial charge in [0.05, 0.1) is 6.20 Å². The first-order chi connectivity index (χ1) is 8.65. The molecule has 90 valence electrons. The predicted molar refractivity (Wildman–Crippen MR) is 69.6 cm³/mol. The Labute approximate surface area is 105 Å². The Balaban J connectivity index is 2.27. The van der Waals surface area contributed by atoms with Crippen LogP contribution in [0.15, 0.2) is 36.5 Å². The molecule has 0 bridgehead atoms. The van der Waals surface area contributed by atoms with Gasteiger partial charge in [0, 0.05) is 17.3 Å². The van der Waals surface area contributed by atoms with Gasteiger partial charge in [-0.05, 0) is 19.4 Å². The van der Waals surface area contributed by atoms with Crippen molar-refractivity contribution in [3.63, 3.8) is 0 Å². The van der Waals surface area contributed by atoms with E-state index in [-0.39, 0.29) is 5.88 Å². The summed E-state index contributed by atoms with van der Waals surface area (Å²) >= 11 is 0. The maximum atomic E-state index is 9.82. The van der Waals surface area contributed by atoms with Crippen molar-refractivity contribution in [1.29, 1.82) is 0 Å². The maximum absolute atomic E-state index is 9.82. The zero-order chi connectivity index (χ0) is 12.7. The first-order valence-corrected chi connectivity index (χ1v) is 5.76. The zero-order valence-electron chi connectivity index (χ0n) is 10.3. The van der Waals surface area contributed by atoms with Crippen molar-refractivity contribution in [3.8, 4) is 17.0 Å². The standard InChI is InChI=1S/C14H13N3O/c1-9-3-5-11(6-4-9)12-8-15-17-13(18)7-10(2)16-14(12)17/h3-8,18H,1-2H3. The summed E-state index contributed by atoms with van der Waals surface area (Å²) in [6.45, 7) is 3.90. The van der Waals surface area contributed by atoms with Crippen molar-refractivity contribution in [1.82, 2.24) is 14.6 Å². The van der Waals surface area contributed by atoms with Crippen molar-refractivity contribution >= 4 is 5.65 Å². The molecule has 2 heterocycles. The van der Waals surface area contributed by atoms with Gasteiger partial charge in [0.25, 0.3) is 0 Å². The van der Waals surface area contributed by atoms with Crippen LogP contribution in [-0.4, -0.2) is 19.7 Å². The van der Waals surface area contributed by atoms with Crippen LogP contribution in [-0.2, 0) is 0 Å². The number of aromatic hydroxyl groups is 1. The van der Waals surface area contributed by atoms with Crippen LogP contribution >= 0.6 is 0 Å². The molecular weight excluding hydrogens is 226 g/mol. The van der Waals surface area contributed by atoms with Crippen LogP contribution in [0.25, 0.3) is 16.8 Å².